The number of hydrogen-bond acceptors (Lipinski definition) is 8. The van der Waals surface area contributed by atoms with Crippen molar-refractivity contribution < 1.29 is 35.6 Å². The molecular formula is C22H19F4N5O4S2. The van der Waals surface area contributed by atoms with Gasteiger partial charge in [0, 0.05) is 19.3 Å². The molecule has 1 fully saturated rings. The molecule has 0 radical (unpaired) electrons. The van der Waals surface area contributed by atoms with E-state index >= 15 is 0 Å². The summed E-state index contributed by atoms with van der Waals surface area (Å²) < 4.78 is 79.8. The Bertz CT molecular complexity index is 1470. The molecule has 0 unspecified atom stereocenters. The molecule has 1 aromatic carbocycles. The fraction of sp³-hybridized carbons (Fsp3) is 0.273. The van der Waals surface area contributed by atoms with Gasteiger partial charge in [-0.2, -0.15) is 13.2 Å². The van der Waals surface area contributed by atoms with Gasteiger partial charge in [0.15, 0.2) is 0 Å². The maximum Gasteiger partial charge on any atom is 0.420 e. The third-order valence-corrected chi connectivity index (χ3v) is 8.97. The van der Waals surface area contributed by atoms with Gasteiger partial charge in [-0.3, -0.25) is 10.1 Å². The standard InChI is InChI=1S/C22H19F4N5O4S2/c1-21(2)18(32)30-20(33)31(21)10-9-27-19-28-11-14(22(24,25)26)17(29-19)15-7-8-16(36-15)37(34,35)13-5-3-12(23)4-6-13/h3-8,11H,9-10H2,1-2H3,(H,27,28,29)(H,30,32,33). The lowest BCUT2D eigenvalue weighted by molar-refractivity contribution is -0.137. The second-order valence-electron chi connectivity index (χ2n) is 8.43. The third kappa shape index (κ3) is 5.13. The van der Waals surface area contributed by atoms with E-state index in [0.717, 1.165) is 30.3 Å². The molecule has 1 aliphatic heterocycles. The summed E-state index contributed by atoms with van der Waals surface area (Å²) in [4.78, 5) is 32.5. The number of thiophene rings is 1. The number of sulfone groups is 1. The van der Waals surface area contributed by atoms with E-state index in [1.165, 1.54) is 11.0 Å². The van der Waals surface area contributed by atoms with E-state index in [9.17, 15) is 35.6 Å². The van der Waals surface area contributed by atoms with Gasteiger partial charge in [-0.25, -0.2) is 27.6 Å². The molecule has 3 aromatic rings. The zero-order chi connectivity index (χ0) is 27.2. The highest BCUT2D eigenvalue weighted by molar-refractivity contribution is 7.93. The predicted molar refractivity (Wildman–Crippen MR) is 125 cm³/mol. The van der Waals surface area contributed by atoms with Gasteiger partial charge < -0.3 is 10.2 Å². The van der Waals surface area contributed by atoms with Crippen LogP contribution in [0.4, 0.5) is 28.3 Å². The summed E-state index contributed by atoms with van der Waals surface area (Å²) in [5.41, 5.74) is -2.81. The smallest absolute Gasteiger partial charge is 0.352 e. The molecular weight excluding hydrogens is 538 g/mol. The molecule has 3 amide bonds. The largest absolute Gasteiger partial charge is 0.420 e. The first-order chi connectivity index (χ1) is 17.2. The van der Waals surface area contributed by atoms with Crippen molar-refractivity contribution in [3.8, 4) is 10.6 Å². The molecule has 37 heavy (non-hydrogen) atoms. The highest BCUT2D eigenvalue weighted by atomic mass is 32.2. The summed E-state index contributed by atoms with van der Waals surface area (Å²) in [6.07, 6.45) is -4.25. The van der Waals surface area contributed by atoms with E-state index in [0.29, 0.717) is 17.5 Å². The molecule has 0 saturated carbocycles. The number of alkyl halides is 3. The van der Waals surface area contributed by atoms with E-state index in [-0.39, 0.29) is 33.0 Å². The van der Waals surface area contributed by atoms with E-state index < -0.39 is 50.6 Å². The second kappa shape index (κ2) is 9.37. The van der Waals surface area contributed by atoms with Crippen molar-refractivity contribution in [2.75, 3.05) is 18.4 Å². The van der Waals surface area contributed by atoms with Gasteiger partial charge in [0.25, 0.3) is 5.91 Å². The number of anilines is 1. The fourth-order valence-corrected chi connectivity index (χ4v) is 6.25. The van der Waals surface area contributed by atoms with Crippen molar-refractivity contribution in [3.63, 3.8) is 0 Å². The van der Waals surface area contributed by atoms with Crippen molar-refractivity contribution >= 4 is 39.1 Å². The topological polar surface area (TPSA) is 121 Å². The molecule has 0 aliphatic carbocycles. The van der Waals surface area contributed by atoms with Crippen LogP contribution in [0.15, 0.2) is 51.7 Å². The number of amides is 3. The fourth-order valence-electron chi connectivity index (χ4n) is 3.54. The summed E-state index contributed by atoms with van der Waals surface area (Å²) in [5, 5.41) is 4.92. The van der Waals surface area contributed by atoms with Gasteiger partial charge in [0.2, 0.25) is 15.8 Å². The first kappa shape index (κ1) is 26.5. The van der Waals surface area contributed by atoms with Crippen LogP contribution < -0.4 is 10.6 Å². The third-order valence-electron chi connectivity index (χ3n) is 5.61. The Balaban J connectivity index is 1.61. The molecule has 4 rings (SSSR count). The molecule has 0 bridgehead atoms. The SMILES string of the molecule is CC1(C)C(=O)NC(=O)N1CCNc1ncc(C(F)(F)F)c(-c2ccc(S(=O)(=O)c3ccc(F)cc3)s2)n1. The van der Waals surface area contributed by atoms with Gasteiger partial charge in [-0.15, -0.1) is 11.3 Å². The zero-order valence-electron chi connectivity index (χ0n) is 19.3. The lowest BCUT2D eigenvalue weighted by Gasteiger charge is -2.27. The Morgan fingerprint density at radius 2 is 1.78 bits per heavy atom. The first-order valence-corrected chi connectivity index (χ1v) is 12.9. The molecule has 0 atom stereocenters. The number of carbonyl (C=O) groups excluding carboxylic acids is 2. The maximum absolute atomic E-state index is 13.7. The zero-order valence-corrected chi connectivity index (χ0v) is 20.9. The quantitative estimate of drug-likeness (QED) is 0.256. The summed E-state index contributed by atoms with van der Waals surface area (Å²) >= 11 is 0.577. The van der Waals surface area contributed by atoms with Crippen LogP contribution in [-0.2, 0) is 20.8 Å². The van der Waals surface area contributed by atoms with Crippen LogP contribution >= 0.6 is 11.3 Å². The number of benzene rings is 1. The molecule has 2 aromatic heterocycles. The molecule has 3 heterocycles. The molecule has 1 saturated heterocycles. The van der Waals surface area contributed by atoms with Gasteiger partial charge >= 0.3 is 12.2 Å². The number of nitrogens with one attached hydrogen (secondary N) is 2. The lowest BCUT2D eigenvalue weighted by Crippen LogP contribution is -2.46. The van der Waals surface area contributed by atoms with Crippen LogP contribution in [0.5, 0.6) is 0 Å². The van der Waals surface area contributed by atoms with E-state index in [2.05, 4.69) is 20.6 Å². The molecule has 1 aliphatic rings. The number of imide groups is 1. The number of carbonyl (C=O) groups is 2. The van der Waals surface area contributed by atoms with E-state index in [1.807, 2.05) is 0 Å². The number of rotatable bonds is 7. The number of aromatic nitrogens is 2. The van der Waals surface area contributed by atoms with E-state index in [1.54, 1.807) is 13.8 Å². The minimum Gasteiger partial charge on any atom is -0.352 e. The van der Waals surface area contributed by atoms with Gasteiger partial charge in [0.1, 0.15) is 21.1 Å². The Kier molecular flexibility index (Phi) is 6.71. The average molecular weight is 558 g/mol. The van der Waals surface area contributed by atoms with Crippen LogP contribution in [-0.4, -0.2) is 53.9 Å². The average Bonchev–Trinajstić information content (AvgIpc) is 3.38. The summed E-state index contributed by atoms with van der Waals surface area (Å²) in [6, 6.07) is 5.81. The van der Waals surface area contributed by atoms with Crippen molar-refractivity contribution in [3.05, 3.63) is 54.0 Å². The minimum atomic E-state index is -4.83. The Morgan fingerprint density at radius 3 is 2.38 bits per heavy atom. The van der Waals surface area contributed by atoms with E-state index in [4.69, 9.17) is 0 Å². The summed E-state index contributed by atoms with van der Waals surface area (Å²) in [5.74, 6) is -1.31. The van der Waals surface area contributed by atoms with Crippen molar-refractivity contribution in [2.24, 2.45) is 0 Å². The van der Waals surface area contributed by atoms with Crippen LogP contribution in [0, 0.1) is 5.82 Å². The normalized spacial score (nSPS) is 15.7. The minimum absolute atomic E-state index is 0.0174. The van der Waals surface area contributed by atoms with Crippen molar-refractivity contribution in [2.45, 2.75) is 34.7 Å². The summed E-state index contributed by atoms with van der Waals surface area (Å²) in [7, 11) is -4.11. The molecule has 2 N–H and O–H groups in total. The van der Waals surface area contributed by atoms with Crippen LogP contribution in [0.3, 0.4) is 0 Å². The Hall–Kier alpha value is -3.59. The number of hydrogen-bond donors (Lipinski definition) is 2. The molecule has 15 heteroatoms. The Morgan fingerprint density at radius 1 is 1.11 bits per heavy atom. The summed E-state index contributed by atoms with van der Waals surface area (Å²) in [6.45, 7) is 3.15. The number of urea groups is 1. The van der Waals surface area contributed by atoms with Gasteiger partial charge in [-0.1, -0.05) is 0 Å². The van der Waals surface area contributed by atoms with Crippen LogP contribution in [0.2, 0.25) is 0 Å². The van der Waals surface area contributed by atoms with Gasteiger partial charge in [0.05, 0.1) is 15.5 Å². The predicted octanol–water partition coefficient (Wildman–Crippen LogP) is 3.94. The van der Waals surface area contributed by atoms with Gasteiger partial charge in [-0.05, 0) is 50.2 Å². The lowest BCUT2D eigenvalue weighted by atomic mass is 10.0. The molecule has 9 nitrogen and oxygen atoms in total. The van der Waals surface area contributed by atoms with Crippen molar-refractivity contribution in [1.29, 1.82) is 0 Å². The molecule has 196 valence electrons. The monoisotopic (exact) mass is 557 g/mol. The van der Waals surface area contributed by atoms with Crippen LogP contribution in [0.1, 0.15) is 19.4 Å². The van der Waals surface area contributed by atoms with Crippen LogP contribution in [0.25, 0.3) is 10.6 Å². The second-order valence-corrected chi connectivity index (χ2v) is 11.7. The highest BCUT2D eigenvalue weighted by Gasteiger charge is 2.45. The highest BCUT2D eigenvalue weighted by Crippen LogP contribution is 2.40. The van der Waals surface area contributed by atoms with Crippen molar-refractivity contribution in [1.82, 2.24) is 20.2 Å². The first-order valence-electron chi connectivity index (χ1n) is 10.6. The maximum atomic E-state index is 13.7. The molecule has 0 spiro atoms. The number of halogens is 4. The Labute approximate surface area is 212 Å². The number of nitrogens with zero attached hydrogens (tertiary/aromatic N) is 3.